The molecule has 0 spiro atoms. The molecule has 1 aliphatic carbocycles. The van der Waals surface area contributed by atoms with Gasteiger partial charge >= 0.3 is 0 Å². The van der Waals surface area contributed by atoms with Gasteiger partial charge in [-0.2, -0.15) is 0 Å². The smallest absolute Gasteiger partial charge is 0.123 e. The Morgan fingerprint density at radius 2 is 1.95 bits per heavy atom. The van der Waals surface area contributed by atoms with Crippen LogP contribution >= 0.6 is 0 Å². The van der Waals surface area contributed by atoms with Crippen LogP contribution in [0.1, 0.15) is 46.0 Å². The van der Waals surface area contributed by atoms with Gasteiger partial charge in [0.1, 0.15) is 5.82 Å². The molecule has 1 aliphatic rings. The lowest BCUT2D eigenvalue weighted by Gasteiger charge is -2.36. The van der Waals surface area contributed by atoms with Crippen molar-refractivity contribution in [1.29, 1.82) is 0 Å². The van der Waals surface area contributed by atoms with Gasteiger partial charge in [-0.3, -0.25) is 4.21 Å². The molecule has 2 nitrogen and oxygen atoms in total. The highest BCUT2D eigenvalue weighted by Crippen LogP contribution is 2.32. The van der Waals surface area contributed by atoms with Crippen LogP contribution in [0.25, 0.3) is 0 Å². The summed E-state index contributed by atoms with van der Waals surface area (Å²) in [5.41, 5.74) is 0. The molecule has 0 aromatic heterocycles. The van der Waals surface area contributed by atoms with Crippen LogP contribution in [0.2, 0.25) is 0 Å². The molecule has 1 aromatic carbocycles. The van der Waals surface area contributed by atoms with Crippen molar-refractivity contribution in [3.8, 4) is 0 Å². The zero-order valence-corrected chi connectivity index (χ0v) is 13.8. The number of benzene rings is 1. The quantitative estimate of drug-likeness (QED) is 0.864. The molecule has 21 heavy (non-hydrogen) atoms. The van der Waals surface area contributed by atoms with Gasteiger partial charge in [-0.25, -0.2) is 4.39 Å². The lowest BCUT2D eigenvalue weighted by molar-refractivity contribution is 0.292. The minimum Gasteiger partial charge on any atom is -0.313 e. The summed E-state index contributed by atoms with van der Waals surface area (Å²) in [6, 6.07) is 6.46. The zero-order valence-electron chi connectivity index (χ0n) is 13.0. The Labute approximate surface area is 130 Å². The zero-order chi connectivity index (χ0) is 15.2. The van der Waals surface area contributed by atoms with Gasteiger partial charge < -0.3 is 5.32 Å². The third-order valence-electron chi connectivity index (χ3n) is 4.46. The van der Waals surface area contributed by atoms with Crippen LogP contribution in [0, 0.1) is 11.7 Å². The van der Waals surface area contributed by atoms with Gasteiger partial charge in [0, 0.05) is 10.9 Å². The molecular formula is C17H26FNOS. The Morgan fingerprint density at radius 1 is 1.24 bits per heavy atom. The van der Waals surface area contributed by atoms with E-state index in [2.05, 4.69) is 19.2 Å². The van der Waals surface area contributed by atoms with E-state index >= 15 is 0 Å². The first-order valence-electron chi connectivity index (χ1n) is 8.05. The third-order valence-corrected chi connectivity index (χ3v) is 6.26. The number of nitrogens with one attached hydrogen (secondary N) is 1. The predicted octanol–water partition coefficient (Wildman–Crippen LogP) is 3.88. The standard InChI is InChI=1S/C17H26FNOS/c1-3-11-19-16-10-5-13(4-2)12-17(16)21(20)15-8-6-14(18)7-9-15/h6-9,13,16-17,19H,3-5,10-12H2,1-2H3. The monoisotopic (exact) mass is 311 g/mol. The van der Waals surface area contributed by atoms with Crippen LogP contribution in [-0.4, -0.2) is 22.0 Å². The molecule has 0 radical (unpaired) electrons. The van der Waals surface area contributed by atoms with Crippen molar-refractivity contribution in [2.75, 3.05) is 6.54 Å². The molecule has 0 aliphatic heterocycles. The minimum absolute atomic E-state index is 0.140. The van der Waals surface area contributed by atoms with E-state index in [1.54, 1.807) is 12.1 Å². The van der Waals surface area contributed by atoms with Crippen molar-refractivity contribution in [3.05, 3.63) is 30.1 Å². The van der Waals surface area contributed by atoms with E-state index in [-0.39, 0.29) is 11.1 Å². The molecule has 2 rings (SSSR count). The maximum absolute atomic E-state index is 13.0. The lowest BCUT2D eigenvalue weighted by Crippen LogP contribution is -2.46. The molecule has 118 valence electrons. The first kappa shape index (κ1) is 16.6. The van der Waals surface area contributed by atoms with E-state index < -0.39 is 10.8 Å². The van der Waals surface area contributed by atoms with Crippen molar-refractivity contribution in [2.45, 2.75) is 62.1 Å². The van der Waals surface area contributed by atoms with Crippen LogP contribution in [0.4, 0.5) is 4.39 Å². The van der Waals surface area contributed by atoms with Crippen LogP contribution < -0.4 is 5.32 Å². The fraction of sp³-hybridized carbons (Fsp3) is 0.647. The second-order valence-corrected chi connectivity index (χ2v) is 7.61. The SMILES string of the molecule is CCCNC1CCC(CC)CC1S(=O)c1ccc(F)cc1. The van der Waals surface area contributed by atoms with E-state index in [4.69, 9.17) is 0 Å². The maximum atomic E-state index is 13.0. The average Bonchev–Trinajstić information content (AvgIpc) is 2.53. The fourth-order valence-electron chi connectivity index (χ4n) is 3.13. The Balaban J connectivity index is 2.13. The number of hydrogen-bond acceptors (Lipinski definition) is 2. The first-order chi connectivity index (χ1) is 10.2. The van der Waals surface area contributed by atoms with Crippen molar-refractivity contribution < 1.29 is 8.60 Å². The summed E-state index contributed by atoms with van der Waals surface area (Å²) in [7, 11) is -1.06. The first-order valence-corrected chi connectivity index (χ1v) is 9.26. The van der Waals surface area contributed by atoms with Gasteiger partial charge in [-0.15, -0.1) is 0 Å². The Bertz CT molecular complexity index is 462. The van der Waals surface area contributed by atoms with E-state index in [0.717, 1.165) is 37.1 Å². The molecule has 4 heteroatoms. The van der Waals surface area contributed by atoms with Gasteiger partial charge in [-0.05, 0) is 62.4 Å². The third kappa shape index (κ3) is 4.36. The van der Waals surface area contributed by atoms with E-state index in [0.29, 0.717) is 12.0 Å². The lowest BCUT2D eigenvalue weighted by atomic mass is 9.84. The van der Waals surface area contributed by atoms with Crippen LogP contribution in [0.3, 0.4) is 0 Å². The predicted molar refractivity (Wildman–Crippen MR) is 86.3 cm³/mol. The topological polar surface area (TPSA) is 29.1 Å². The number of halogens is 1. The molecule has 0 bridgehead atoms. The molecule has 1 saturated carbocycles. The Morgan fingerprint density at radius 3 is 2.57 bits per heavy atom. The summed E-state index contributed by atoms with van der Waals surface area (Å²) >= 11 is 0. The van der Waals surface area contributed by atoms with Crippen molar-refractivity contribution in [2.24, 2.45) is 5.92 Å². The molecule has 4 unspecified atom stereocenters. The van der Waals surface area contributed by atoms with Gasteiger partial charge in [0.25, 0.3) is 0 Å². The summed E-state index contributed by atoms with van der Waals surface area (Å²) in [5.74, 6) is 0.394. The molecule has 1 N–H and O–H groups in total. The largest absolute Gasteiger partial charge is 0.313 e. The normalized spacial score (nSPS) is 27.5. The average molecular weight is 311 g/mol. The minimum atomic E-state index is -1.06. The molecule has 1 aromatic rings. The summed E-state index contributed by atoms with van der Waals surface area (Å²) in [6.07, 6.45) is 5.55. The van der Waals surface area contributed by atoms with Crippen molar-refractivity contribution in [1.82, 2.24) is 5.32 Å². The van der Waals surface area contributed by atoms with Gasteiger partial charge in [0.05, 0.1) is 16.0 Å². The summed E-state index contributed by atoms with van der Waals surface area (Å²) in [4.78, 5) is 0.751. The highest BCUT2D eigenvalue weighted by molar-refractivity contribution is 7.85. The van der Waals surface area contributed by atoms with Gasteiger partial charge in [0.2, 0.25) is 0 Å². The number of rotatable bonds is 6. The van der Waals surface area contributed by atoms with Crippen LogP contribution in [0.15, 0.2) is 29.2 Å². The highest BCUT2D eigenvalue weighted by Gasteiger charge is 2.34. The van der Waals surface area contributed by atoms with Gasteiger partial charge in [0.15, 0.2) is 0 Å². The molecule has 4 atom stereocenters. The van der Waals surface area contributed by atoms with Crippen molar-refractivity contribution >= 4 is 10.8 Å². The molecule has 0 heterocycles. The second-order valence-electron chi connectivity index (χ2n) is 5.94. The van der Waals surface area contributed by atoms with Crippen LogP contribution in [-0.2, 0) is 10.8 Å². The molecule has 1 fully saturated rings. The van der Waals surface area contributed by atoms with Crippen molar-refractivity contribution in [3.63, 3.8) is 0 Å². The highest BCUT2D eigenvalue weighted by atomic mass is 32.2. The Kier molecular flexibility index (Phi) is 6.37. The molecular weight excluding hydrogens is 285 g/mol. The Hall–Kier alpha value is -0.740. The van der Waals surface area contributed by atoms with E-state index in [1.807, 2.05) is 0 Å². The summed E-state index contributed by atoms with van der Waals surface area (Å²) in [5, 5.41) is 3.70. The van der Waals surface area contributed by atoms with E-state index in [9.17, 15) is 8.60 Å². The fourth-order valence-corrected chi connectivity index (χ4v) is 4.86. The number of hydrogen-bond donors (Lipinski definition) is 1. The summed E-state index contributed by atoms with van der Waals surface area (Å²) < 4.78 is 25.9. The second kappa shape index (κ2) is 8.04. The van der Waals surface area contributed by atoms with Crippen LogP contribution in [0.5, 0.6) is 0 Å². The maximum Gasteiger partial charge on any atom is 0.123 e. The molecule has 0 amide bonds. The van der Waals surface area contributed by atoms with Gasteiger partial charge in [-0.1, -0.05) is 20.3 Å². The molecule has 0 saturated heterocycles. The summed E-state index contributed by atoms with van der Waals surface area (Å²) in [6.45, 7) is 5.33. The van der Waals surface area contributed by atoms with E-state index in [1.165, 1.54) is 18.6 Å².